The predicted molar refractivity (Wildman–Crippen MR) is 62.5 cm³/mol. The molecule has 96 valence electrons. The number of nitrogens with one attached hydrogen (secondary N) is 1. The Balaban J connectivity index is 2.63. The smallest absolute Gasteiger partial charge is 0.215 e. The zero-order valence-corrected chi connectivity index (χ0v) is 11.1. The van der Waals surface area contributed by atoms with Crippen LogP contribution in [0.2, 0.25) is 0 Å². The third-order valence-corrected chi connectivity index (χ3v) is 5.48. The van der Waals surface area contributed by atoms with Crippen molar-refractivity contribution < 1.29 is 16.8 Å². The summed E-state index contributed by atoms with van der Waals surface area (Å²) in [6.45, 7) is 3.33. The first-order valence-electron chi connectivity index (χ1n) is 5.10. The van der Waals surface area contributed by atoms with Crippen molar-refractivity contribution in [2.45, 2.75) is 13.0 Å². The Morgan fingerprint density at radius 1 is 1.25 bits per heavy atom. The molecule has 0 spiro atoms. The van der Waals surface area contributed by atoms with E-state index in [9.17, 15) is 16.8 Å². The first-order valence-corrected chi connectivity index (χ1v) is 8.76. The summed E-state index contributed by atoms with van der Waals surface area (Å²) in [4.78, 5) is 0. The molecule has 1 aliphatic rings. The van der Waals surface area contributed by atoms with Crippen LogP contribution in [0, 0.1) is 0 Å². The highest BCUT2D eigenvalue weighted by atomic mass is 32.2. The second-order valence-electron chi connectivity index (χ2n) is 4.16. The summed E-state index contributed by atoms with van der Waals surface area (Å²) in [5.74, 6) is -0.633. The molecule has 0 aromatic carbocycles. The molecule has 1 heterocycles. The number of sulfonamides is 1. The molecule has 0 aromatic heterocycles. The van der Waals surface area contributed by atoms with Gasteiger partial charge in [0.1, 0.15) is 9.84 Å². The van der Waals surface area contributed by atoms with Crippen LogP contribution in [0.4, 0.5) is 0 Å². The summed E-state index contributed by atoms with van der Waals surface area (Å²) < 4.78 is 46.8. The molecule has 1 rings (SSSR count). The van der Waals surface area contributed by atoms with Crippen molar-refractivity contribution >= 4 is 19.9 Å². The lowest BCUT2D eigenvalue weighted by molar-refractivity contribution is 0.310. The van der Waals surface area contributed by atoms with E-state index in [0.29, 0.717) is 19.6 Å². The van der Waals surface area contributed by atoms with Gasteiger partial charge < -0.3 is 5.32 Å². The minimum atomic E-state index is -3.44. The van der Waals surface area contributed by atoms with Gasteiger partial charge in [-0.25, -0.2) is 16.8 Å². The van der Waals surface area contributed by atoms with Crippen LogP contribution in [0.1, 0.15) is 6.92 Å². The Hall–Kier alpha value is -0.180. The monoisotopic (exact) mass is 270 g/mol. The van der Waals surface area contributed by atoms with Gasteiger partial charge in [-0.05, 0) is 6.92 Å². The van der Waals surface area contributed by atoms with Gasteiger partial charge in [0, 0.05) is 31.9 Å². The summed E-state index contributed by atoms with van der Waals surface area (Å²) in [6.07, 6.45) is 1.04. The number of piperazine rings is 1. The Morgan fingerprint density at radius 3 is 2.38 bits per heavy atom. The third kappa shape index (κ3) is 4.36. The van der Waals surface area contributed by atoms with E-state index in [2.05, 4.69) is 5.32 Å². The third-order valence-electron chi connectivity index (χ3n) is 2.44. The molecule has 1 N–H and O–H groups in total. The number of hydrogen-bond donors (Lipinski definition) is 1. The Morgan fingerprint density at radius 2 is 1.88 bits per heavy atom. The van der Waals surface area contributed by atoms with Gasteiger partial charge in [0.15, 0.2) is 0 Å². The first kappa shape index (κ1) is 13.9. The summed E-state index contributed by atoms with van der Waals surface area (Å²) in [5, 5.41) is 3.13. The average Bonchev–Trinajstić information content (AvgIpc) is 2.14. The van der Waals surface area contributed by atoms with E-state index in [1.807, 2.05) is 6.92 Å². The molecule has 16 heavy (non-hydrogen) atoms. The Labute approximate surface area is 97.0 Å². The fourth-order valence-corrected chi connectivity index (χ4v) is 4.67. The molecule has 0 aromatic rings. The van der Waals surface area contributed by atoms with Crippen LogP contribution in [0.5, 0.6) is 0 Å². The van der Waals surface area contributed by atoms with Gasteiger partial charge in [-0.2, -0.15) is 4.31 Å². The maximum absolute atomic E-state index is 11.8. The zero-order chi connectivity index (χ0) is 12.4. The van der Waals surface area contributed by atoms with Gasteiger partial charge in [-0.15, -0.1) is 0 Å². The van der Waals surface area contributed by atoms with Crippen molar-refractivity contribution in [1.29, 1.82) is 0 Å². The van der Waals surface area contributed by atoms with Crippen LogP contribution in [-0.2, 0) is 19.9 Å². The molecule has 0 aliphatic carbocycles. The number of hydrogen-bond acceptors (Lipinski definition) is 5. The van der Waals surface area contributed by atoms with E-state index >= 15 is 0 Å². The van der Waals surface area contributed by atoms with Crippen LogP contribution in [0.3, 0.4) is 0 Å². The maximum Gasteiger partial charge on any atom is 0.215 e. The molecule has 1 atom stereocenters. The quantitative estimate of drug-likeness (QED) is 0.683. The van der Waals surface area contributed by atoms with Gasteiger partial charge in [-0.3, -0.25) is 0 Å². The largest absolute Gasteiger partial charge is 0.312 e. The lowest BCUT2D eigenvalue weighted by atomic mass is 10.3. The van der Waals surface area contributed by atoms with Gasteiger partial charge >= 0.3 is 0 Å². The fraction of sp³-hybridized carbons (Fsp3) is 1.00. The van der Waals surface area contributed by atoms with Crippen molar-refractivity contribution in [1.82, 2.24) is 9.62 Å². The molecular formula is C8H18N2O4S2. The van der Waals surface area contributed by atoms with Crippen molar-refractivity contribution in [2.24, 2.45) is 0 Å². The number of nitrogens with zero attached hydrogens (tertiary/aromatic N) is 1. The van der Waals surface area contributed by atoms with Crippen LogP contribution < -0.4 is 5.32 Å². The van der Waals surface area contributed by atoms with Crippen LogP contribution in [-0.4, -0.2) is 64.6 Å². The number of rotatable bonds is 4. The van der Waals surface area contributed by atoms with E-state index in [4.69, 9.17) is 0 Å². The normalized spacial score (nSPS) is 24.5. The molecule has 1 saturated heterocycles. The molecule has 0 unspecified atom stereocenters. The van der Waals surface area contributed by atoms with Crippen LogP contribution >= 0.6 is 0 Å². The minimum absolute atomic E-state index is 0.113. The van der Waals surface area contributed by atoms with E-state index in [-0.39, 0.29) is 17.5 Å². The van der Waals surface area contributed by atoms with Crippen molar-refractivity contribution in [3.63, 3.8) is 0 Å². The SMILES string of the molecule is C[C@@H]1CN(S(=O)(=O)CCS(C)(=O)=O)CCN1. The van der Waals surface area contributed by atoms with Gasteiger partial charge in [0.25, 0.3) is 0 Å². The molecule has 0 amide bonds. The van der Waals surface area contributed by atoms with E-state index in [1.165, 1.54) is 4.31 Å². The van der Waals surface area contributed by atoms with Gasteiger partial charge in [-0.1, -0.05) is 0 Å². The van der Waals surface area contributed by atoms with Crippen LogP contribution in [0.15, 0.2) is 0 Å². The topological polar surface area (TPSA) is 83.6 Å². The summed E-state index contributed by atoms with van der Waals surface area (Å²) in [6, 6.07) is 0.113. The highest BCUT2D eigenvalue weighted by molar-refractivity contribution is 7.93. The van der Waals surface area contributed by atoms with Gasteiger partial charge in [0.05, 0.1) is 11.5 Å². The Kier molecular flexibility index (Phi) is 4.33. The molecular weight excluding hydrogens is 252 g/mol. The molecule has 8 heteroatoms. The lowest BCUT2D eigenvalue weighted by Crippen LogP contribution is -2.52. The highest BCUT2D eigenvalue weighted by Gasteiger charge is 2.27. The van der Waals surface area contributed by atoms with Crippen molar-refractivity contribution in [3.8, 4) is 0 Å². The minimum Gasteiger partial charge on any atom is -0.312 e. The van der Waals surface area contributed by atoms with Crippen molar-refractivity contribution in [3.05, 3.63) is 0 Å². The van der Waals surface area contributed by atoms with Crippen molar-refractivity contribution in [2.75, 3.05) is 37.4 Å². The lowest BCUT2D eigenvalue weighted by Gasteiger charge is -2.30. The molecule has 0 saturated carbocycles. The van der Waals surface area contributed by atoms with E-state index in [1.54, 1.807) is 0 Å². The summed E-state index contributed by atoms with van der Waals surface area (Å²) in [5.41, 5.74) is 0. The highest BCUT2D eigenvalue weighted by Crippen LogP contribution is 2.07. The summed E-state index contributed by atoms with van der Waals surface area (Å²) in [7, 11) is -6.67. The Bertz CT molecular complexity index is 429. The molecule has 0 bridgehead atoms. The van der Waals surface area contributed by atoms with E-state index < -0.39 is 19.9 Å². The molecule has 0 radical (unpaired) electrons. The second-order valence-corrected chi connectivity index (χ2v) is 8.51. The standard InChI is InChI=1S/C8H18N2O4S2/c1-8-7-10(4-3-9-8)16(13,14)6-5-15(2,11)12/h8-9H,3-7H2,1-2H3/t8-/m1/s1. The summed E-state index contributed by atoms with van der Waals surface area (Å²) >= 11 is 0. The number of sulfone groups is 1. The molecule has 1 aliphatic heterocycles. The predicted octanol–water partition coefficient (Wildman–Crippen LogP) is -1.35. The second kappa shape index (κ2) is 4.99. The average molecular weight is 270 g/mol. The molecule has 6 nitrogen and oxygen atoms in total. The fourth-order valence-electron chi connectivity index (χ4n) is 1.54. The van der Waals surface area contributed by atoms with Crippen LogP contribution in [0.25, 0.3) is 0 Å². The van der Waals surface area contributed by atoms with Gasteiger partial charge in [0.2, 0.25) is 10.0 Å². The molecule has 1 fully saturated rings. The maximum atomic E-state index is 11.8. The first-order chi connectivity index (χ1) is 7.21. The van der Waals surface area contributed by atoms with E-state index in [0.717, 1.165) is 6.26 Å². The zero-order valence-electron chi connectivity index (χ0n) is 9.51.